The second-order valence-corrected chi connectivity index (χ2v) is 4.41. The van der Waals surface area contributed by atoms with Gasteiger partial charge in [-0.2, -0.15) is 15.4 Å². The van der Waals surface area contributed by atoms with Crippen molar-refractivity contribution in [3.8, 4) is 10.7 Å². The Bertz CT molecular complexity index is 442. The first kappa shape index (κ1) is 8.07. The lowest BCUT2D eigenvalue weighted by Gasteiger charge is -2.01. The molecule has 0 unspecified atom stereocenters. The summed E-state index contributed by atoms with van der Waals surface area (Å²) in [7, 11) is 0. The Morgan fingerprint density at radius 3 is 3.00 bits per heavy atom. The van der Waals surface area contributed by atoms with Crippen LogP contribution in [0, 0.1) is 0 Å². The predicted molar refractivity (Wildman–Crippen MR) is 52.6 cm³/mol. The van der Waals surface area contributed by atoms with Gasteiger partial charge >= 0.3 is 0 Å². The Labute approximate surface area is 84.4 Å². The van der Waals surface area contributed by atoms with Crippen molar-refractivity contribution in [3.05, 3.63) is 17.3 Å². The average Bonchev–Trinajstić information content (AvgIpc) is 2.73. The molecule has 0 atom stereocenters. The molecule has 1 aliphatic carbocycles. The Balaban J connectivity index is 1.98. The third kappa shape index (κ3) is 1.15. The molecule has 6 heteroatoms. The Morgan fingerprint density at radius 2 is 2.36 bits per heavy atom. The maximum absolute atomic E-state index is 6.03. The standard InChI is InChI=1S/C8H9N5S/c9-8(1-2-8)6-4-14-7(11-6)5-3-10-13-12-5/h3-4H,1-2,9H2,(H,10,12,13). The summed E-state index contributed by atoms with van der Waals surface area (Å²) < 4.78 is 0. The molecule has 1 saturated carbocycles. The number of nitrogens with one attached hydrogen (secondary N) is 1. The van der Waals surface area contributed by atoms with Gasteiger partial charge in [0.2, 0.25) is 0 Å². The highest BCUT2D eigenvalue weighted by Gasteiger charge is 2.42. The van der Waals surface area contributed by atoms with E-state index >= 15 is 0 Å². The lowest BCUT2D eigenvalue weighted by Crippen LogP contribution is -2.18. The van der Waals surface area contributed by atoms with Crippen LogP contribution in [0.25, 0.3) is 10.7 Å². The molecule has 0 amide bonds. The fraction of sp³-hybridized carbons (Fsp3) is 0.375. The second-order valence-electron chi connectivity index (χ2n) is 3.55. The number of H-pyrrole nitrogens is 1. The minimum Gasteiger partial charge on any atom is -0.320 e. The van der Waals surface area contributed by atoms with Crippen LogP contribution in [0.2, 0.25) is 0 Å². The number of hydrogen-bond acceptors (Lipinski definition) is 5. The van der Waals surface area contributed by atoms with E-state index in [0.29, 0.717) is 0 Å². The summed E-state index contributed by atoms with van der Waals surface area (Å²) >= 11 is 1.56. The van der Waals surface area contributed by atoms with E-state index in [0.717, 1.165) is 29.2 Å². The topological polar surface area (TPSA) is 80.5 Å². The first-order valence-corrected chi connectivity index (χ1v) is 5.27. The molecule has 0 aromatic carbocycles. The number of rotatable bonds is 2. The van der Waals surface area contributed by atoms with E-state index in [1.165, 1.54) is 0 Å². The number of aromatic amines is 1. The minimum absolute atomic E-state index is 0.154. The molecule has 0 bridgehead atoms. The number of thiazole rings is 1. The number of nitrogens with two attached hydrogens (primary N) is 1. The van der Waals surface area contributed by atoms with Crippen molar-refractivity contribution >= 4 is 11.3 Å². The van der Waals surface area contributed by atoms with Gasteiger partial charge in [-0.1, -0.05) is 0 Å². The summed E-state index contributed by atoms with van der Waals surface area (Å²) in [5, 5.41) is 13.2. The fourth-order valence-electron chi connectivity index (χ4n) is 1.32. The van der Waals surface area contributed by atoms with Crippen molar-refractivity contribution in [1.29, 1.82) is 0 Å². The van der Waals surface area contributed by atoms with Crippen molar-refractivity contribution in [2.24, 2.45) is 5.73 Å². The van der Waals surface area contributed by atoms with Crippen molar-refractivity contribution in [1.82, 2.24) is 20.4 Å². The van der Waals surface area contributed by atoms with Gasteiger partial charge in [0.25, 0.3) is 0 Å². The molecular weight excluding hydrogens is 198 g/mol. The number of hydrogen-bond donors (Lipinski definition) is 2. The molecule has 72 valence electrons. The van der Waals surface area contributed by atoms with Crippen LogP contribution in [0.1, 0.15) is 18.5 Å². The SMILES string of the molecule is NC1(c2csc(-c3cn[nH]n3)n2)CC1. The van der Waals surface area contributed by atoms with Gasteiger partial charge in [0.1, 0.15) is 10.7 Å². The zero-order valence-electron chi connectivity index (χ0n) is 7.40. The molecular formula is C8H9N5S. The Morgan fingerprint density at radius 1 is 1.50 bits per heavy atom. The molecule has 0 saturated heterocycles. The van der Waals surface area contributed by atoms with Crippen LogP contribution in [0.15, 0.2) is 11.6 Å². The summed E-state index contributed by atoms with van der Waals surface area (Å²) in [6.45, 7) is 0. The highest BCUT2D eigenvalue weighted by atomic mass is 32.1. The monoisotopic (exact) mass is 207 g/mol. The van der Waals surface area contributed by atoms with Gasteiger partial charge in [-0.3, -0.25) is 0 Å². The maximum atomic E-state index is 6.03. The van der Waals surface area contributed by atoms with Crippen molar-refractivity contribution in [2.45, 2.75) is 18.4 Å². The lowest BCUT2D eigenvalue weighted by molar-refractivity contribution is 0.715. The van der Waals surface area contributed by atoms with E-state index in [2.05, 4.69) is 20.4 Å². The molecule has 0 radical (unpaired) electrons. The molecule has 14 heavy (non-hydrogen) atoms. The van der Waals surface area contributed by atoms with Crippen molar-refractivity contribution in [2.75, 3.05) is 0 Å². The Kier molecular flexibility index (Phi) is 1.51. The molecule has 2 aromatic heterocycles. The van der Waals surface area contributed by atoms with Crippen molar-refractivity contribution in [3.63, 3.8) is 0 Å². The molecule has 0 aliphatic heterocycles. The summed E-state index contributed by atoms with van der Waals surface area (Å²) in [6, 6.07) is 0. The summed E-state index contributed by atoms with van der Waals surface area (Å²) in [4.78, 5) is 4.46. The number of aromatic nitrogens is 4. The first-order chi connectivity index (χ1) is 6.78. The van der Waals surface area contributed by atoms with Gasteiger partial charge in [-0.25, -0.2) is 4.98 Å². The average molecular weight is 207 g/mol. The van der Waals surface area contributed by atoms with E-state index in [9.17, 15) is 0 Å². The van der Waals surface area contributed by atoms with Gasteiger partial charge in [-0.05, 0) is 12.8 Å². The quantitative estimate of drug-likeness (QED) is 0.765. The van der Waals surface area contributed by atoms with Crippen LogP contribution >= 0.6 is 11.3 Å². The molecule has 3 rings (SSSR count). The van der Waals surface area contributed by atoms with Gasteiger partial charge < -0.3 is 5.73 Å². The summed E-state index contributed by atoms with van der Waals surface area (Å²) in [5.41, 5.74) is 7.65. The van der Waals surface area contributed by atoms with E-state index in [4.69, 9.17) is 5.73 Å². The summed E-state index contributed by atoms with van der Waals surface area (Å²) in [5.74, 6) is 0. The molecule has 2 aromatic rings. The van der Waals surface area contributed by atoms with Crippen molar-refractivity contribution < 1.29 is 0 Å². The zero-order valence-corrected chi connectivity index (χ0v) is 8.21. The molecule has 3 N–H and O–H groups in total. The Hall–Kier alpha value is -1.27. The second kappa shape index (κ2) is 2.61. The summed E-state index contributed by atoms with van der Waals surface area (Å²) in [6.07, 6.45) is 3.74. The highest BCUT2D eigenvalue weighted by Crippen LogP contribution is 2.43. The van der Waals surface area contributed by atoms with E-state index in [1.54, 1.807) is 17.5 Å². The van der Waals surface area contributed by atoms with Crippen LogP contribution in [0.4, 0.5) is 0 Å². The minimum atomic E-state index is -0.154. The van der Waals surface area contributed by atoms with Crippen LogP contribution in [-0.4, -0.2) is 20.4 Å². The molecule has 0 spiro atoms. The zero-order chi connectivity index (χ0) is 9.60. The maximum Gasteiger partial charge on any atom is 0.145 e. The first-order valence-electron chi connectivity index (χ1n) is 4.39. The molecule has 2 heterocycles. The normalized spacial score (nSPS) is 18.4. The van der Waals surface area contributed by atoms with E-state index < -0.39 is 0 Å². The van der Waals surface area contributed by atoms with Crippen LogP contribution in [-0.2, 0) is 5.54 Å². The smallest absolute Gasteiger partial charge is 0.145 e. The van der Waals surface area contributed by atoms with E-state index in [1.807, 2.05) is 5.38 Å². The third-order valence-corrected chi connectivity index (χ3v) is 3.30. The highest BCUT2D eigenvalue weighted by molar-refractivity contribution is 7.13. The largest absolute Gasteiger partial charge is 0.320 e. The molecule has 5 nitrogen and oxygen atoms in total. The molecule has 1 aliphatic rings. The van der Waals surface area contributed by atoms with Gasteiger partial charge in [0.15, 0.2) is 0 Å². The van der Waals surface area contributed by atoms with Crippen LogP contribution in [0.3, 0.4) is 0 Å². The predicted octanol–water partition coefficient (Wildman–Crippen LogP) is 0.876. The lowest BCUT2D eigenvalue weighted by atomic mass is 10.2. The van der Waals surface area contributed by atoms with Crippen LogP contribution in [0.5, 0.6) is 0 Å². The molecule has 1 fully saturated rings. The number of nitrogens with zero attached hydrogens (tertiary/aromatic N) is 3. The van der Waals surface area contributed by atoms with Gasteiger partial charge in [0.05, 0.1) is 17.4 Å². The van der Waals surface area contributed by atoms with E-state index in [-0.39, 0.29) is 5.54 Å². The third-order valence-electron chi connectivity index (χ3n) is 2.44. The van der Waals surface area contributed by atoms with Crippen LogP contribution < -0.4 is 5.73 Å². The van der Waals surface area contributed by atoms with Gasteiger partial charge in [0, 0.05) is 5.38 Å². The fourth-order valence-corrected chi connectivity index (χ4v) is 2.20. The van der Waals surface area contributed by atoms with Gasteiger partial charge in [-0.15, -0.1) is 11.3 Å².